The van der Waals surface area contributed by atoms with E-state index >= 15 is 0 Å². The van der Waals surface area contributed by atoms with Crippen LogP contribution in [-0.4, -0.2) is 26.2 Å². The quantitative estimate of drug-likeness (QED) is 0.398. The molecule has 2 atom stereocenters. The van der Waals surface area contributed by atoms with Crippen LogP contribution in [0.3, 0.4) is 0 Å². The van der Waals surface area contributed by atoms with Gasteiger partial charge < -0.3 is 9.80 Å². The zero-order valence-corrected chi connectivity index (χ0v) is 20.4. The van der Waals surface area contributed by atoms with Crippen LogP contribution in [0, 0.1) is 11.8 Å². The molecule has 0 saturated heterocycles. The summed E-state index contributed by atoms with van der Waals surface area (Å²) in [6, 6.07) is 23.3. The molecule has 0 radical (unpaired) electrons. The second-order valence-electron chi connectivity index (χ2n) is 8.27. The monoisotopic (exact) mass is 524 g/mol. The van der Waals surface area contributed by atoms with E-state index in [1.165, 1.54) is 49.9 Å². The molecule has 2 nitrogen and oxygen atoms in total. The summed E-state index contributed by atoms with van der Waals surface area (Å²) in [5.41, 5.74) is 2.73. The Hall–Kier alpha value is -0.718. The van der Waals surface area contributed by atoms with Crippen molar-refractivity contribution < 1.29 is 15.9 Å². The molecule has 2 unspecified atom stereocenters. The van der Waals surface area contributed by atoms with Gasteiger partial charge in [-0.05, 0) is 55.9 Å². The summed E-state index contributed by atoms with van der Waals surface area (Å²) >= 11 is -0.106. The van der Waals surface area contributed by atoms with Crippen LogP contribution in [0.2, 0.25) is 0 Å². The first-order chi connectivity index (χ1) is 14.2. The third kappa shape index (κ3) is 5.71. The predicted molar refractivity (Wildman–Crippen MR) is 124 cm³/mol. The molecule has 2 aromatic carbocycles. The average Bonchev–Trinajstić information content (AvgIpc) is 2.79. The number of hydrogen-bond acceptors (Lipinski definition) is 2. The van der Waals surface area contributed by atoms with E-state index in [-0.39, 0.29) is 15.9 Å². The Balaban J connectivity index is 0.000000755. The molecule has 0 N–H and O–H groups in total. The van der Waals surface area contributed by atoms with Gasteiger partial charge in [-0.15, -0.1) is 0 Å². The first-order valence-electron chi connectivity index (χ1n) is 10.6. The molecular formula is C24H32Cl2N2Pd. The molecule has 2 fully saturated rings. The van der Waals surface area contributed by atoms with Crippen molar-refractivity contribution in [2.45, 2.75) is 50.6 Å². The van der Waals surface area contributed by atoms with Crippen LogP contribution in [-0.2, 0) is 15.9 Å². The molecule has 4 rings (SSSR count). The van der Waals surface area contributed by atoms with E-state index in [0.29, 0.717) is 12.1 Å². The van der Waals surface area contributed by atoms with E-state index < -0.39 is 0 Å². The third-order valence-electron chi connectivity index (χ3n) is 6.90. The number of rotatable bonds is 4. The van der Waals surface area contributed by atoms with Gasteiger partial charge >= 0.3 is 35.0 Å². The molecule has 162 valence electrons. The summed E-state index contributed by atoms with van der Waals surface area (Å²) in [5.74, 6) is 1.64. The van der Waals surface area contributed by atoms with E-state index in [2.05, 4.69) is 84.6 Å². The topological polar surface area (TPSA) is 6.48 Å². The molecule has 5 heteroatoms. The van der Waals surface area contributed by atoms with Gasteiger partial charge in [0.25, 0.3) is 0 Å². The Kier molecular flexibility index (Phi) is 9.19. The minimum atomic E-state index is -0.106. The molecule has 2 saturated carbocycles. The van der Waals surface area contributed by atoms with Crippen LogP contribution in [0.1, 0.15) is 38.5 Å². The van der Waals surface area contributed by atoms with E-state index in [1.807, 2.05) is 0 Å². The minimum absolute atomic E-state index is 0.106. The first-order valence-corrected chi connectivity index (χ1v) is 14.6. The molecule has 0 spiro atoms. The molecule has 2 aromatic rings. The molecule has 0 aliphatic heterocycles. The standard InChI is InChI=1S/C24H32N2.2ClH.Pd/c1-25(20-13-5-3-6-14-20)22-17-9-11-19-12-10-18-23(24(19)22)26(2)21-15-7-4-8-16-21;;;/h3-8,13-16,19,22-24H,9-12,17-18H2,1-2H3;2*1H;/q;;;+2/p-2. The Morgan fingerprint density at radius 3 is 1.45 bits per heavy atom. The van der Waals surface area contributed by atoms with Crippen molar-refractivity contribution >= 4 is 30.4 Å². The van der Waals surface area contributed by atoms with E-state index in [1.54, 1.807) is 0 Å². The van der Waals surface area contributed by atoms with Crippen molar-refractivity contribution in [2.75, 3.05) is 23.9 Å². The number of nitrogens with zero attached hydrogens (tertiary/aromatic N) is 2. The van der Waals surface area contributed by atoms with Gasteiger partial charge in [-0.25, -0.2) is 0 Å². The fourth-order valence-corrected chi connectivity index (χ4v) is 5.59. The number of fused-ring (bicyclic) bond motifs is 1. The van der Waals surface area contributed by atoms with Crippen molar-refractivity contribution in [2.24, 2.45) is 11.8 Å². The van der Waals surface area contributed by atoms with Crippen LogP contribution in [0.5, 0.6) is 0 Å². The summed E-state index contributed by atoms with van der Waals surface area (Å²) < 4.78 is 0. The SMILES string of the molecule is CN(c1ccccc1)C1CCCC2CCCC(N(C)c3ccccc3)C21.[Cl][Pd][Cl]. The molecule has 2 aliphatic rings. The van der Waals surface area contributed by atoms with Gasteiger partial charge in [-0.3, -0.25) is 0 Å². The van der Waals surface area contributed by atoms with Crippen LogP contribution in [0.4, 0.5) is 11.4 Å². The zero-order chi connectivity index (χ0) is 20.6. The van der Waals surface area contributed by atoms with Gasteiger partial charge in [0.1, 0.15) is 0 Å². The van der Waals surface area contributed by atoms with E-state index in [9.17, 15) is 0 Å². The Labute approximate surface area is 192 Å². The summed E-state index contributed by atoms with van der Waals surface area (Å²) in [4.78, 5) is 5.15. The summed E-state index contributed by atoms with van der Waals surface area (Å²) in [6.45, 7) is 0. The van der Waals surface area contributed by atoms with Crippen LogP contribution >= 0.6 is 19.1 Å². The molecule has 29 heavy (non-hydrogen) atoms. The van der Waals surface area contributed by atoms with Gasteiger partial charge in [-0.1, -0.05) is 49.2 Å². The van der Waals surface area contributed by atoms with Crippen LogP contribution in [0.15, 0.2) is 60.7 Å². The van der Waals surface area contributed by atoms with E-state index in [4.69, 9.17) is 19.1 Å². The predicted octanol–water partition coefficient (Wildman–Crippen LogP) is 6.97. The molecule has 0 heterocycles. The summed E-state index contributed by atoms with van der Waals surface area (Å²) in [5, 5.41) is 0. The second kappa shape index (κ2) is 11.6. The molecular weight excluding hydrogens is 494 g/mol. The van der Waals surface area contributed by atoms with Gasteiger partial charge in [-0.2, -0.15) is 0 Å². The van der Waals surface area contributed by atoms with Gasteiger partial charge in [0.05, 0.1) is 0 Å². The van der Waals surface area contributed by atoms with Gasteiger partial charge in [0.2, 0.25) is 0 Å². The Bertz CT molecular complexity index is 656. The first kappa shape index (κ1) is 23.0. The molecule has 0 aromatic heterocycles. The number of hydrogen-bond donors (Lipinski definition) is 0. The normalized spacial score (nSPS) is 26.1. The fourth-order valence-electron chi connectivity index (χ4n) is 5.59. The Morgan fingerprint density at radius 2 is 1.07 bits per heavy atom. The fraction of sp³-hybridized carbons (Fsp3) is 0.500. The third-order valence-corrected chi connectivity index (χ3v) is 6.90. The van der Waals surface area contributed by atoms with Crippen LogP contribution < -0.4 is 9.80 Å². The number of anilines is 2. The maximum atomic E-state index is 4.81. The number of halogens is 2. The second-order valence-corrected chi connectivity index (χ2v) is 10.6. The Morgan fingerprint density at radius 1 is 0.690 bits per heavy atom. The van der Waals surface area contributed by atoms with Crippen molar-refractivity contribution in [1.82, 2.24) is 0 Å². The van der Waals surface area contributed by atoms with E-state index in [0.717, 1.165) is 11.8 Å². The van der Waals surface area contributed by atoms with Crippen molar-refractivity contribution in [3.05, 3.63) is 60.7 Å². The maximum absolute atomic E-state index is 4.81. The molecule has 0 amide bonds. The van der Waals surface area contributed by atoms with Gasteiger partial charge in [0, 0.05) is 43.5 Å². The van der Waals surface area contributed by atoms with Crippen LogP contribution in [0.25, 0.3) is 0 Å². The van der Waals surface area contributed by atoms with Gasteiger partial charge in [0.15, 0.2) is 0 Å². The average molecular weight is 526 g/mol. The number of para-hydroxylation sites is 2. The molecule has 0 bridgehead atoms. The molecule has 2 aliphatic carbocycles. The van der Waals surface area contributed by atoms with Crippen molar-refractivity contribution in [3.8, 4) is 0 Å². The summed E-state index contributed by atoms with van der Waals surface area (Å²) in [6.07, 6.45) is 8.25. The number of benzene rings is 2. The van der Waals surface area contributed by atoms with Crippen molar-refractivity contribution in [3.63, 3.8) is 0 Å². The zero-order valence-electron chi connectivity index (χ0n) is 17.3. The van der Waals surface area contributed by atoms with Crippen molar-refractivity contribution in [1.29, 1.82) is 0 Å². The summed E-state index contributed by atoms with van der Waals surface area (Å²) in [7, 11) is 14.3.